The summed E-state index contributed by atoms with van der Waals surface area (Å²) in [5, 5.41) is 6.78. The number of carbonyl (C=O) groups is 1. The van der Waals surface area contributed by atoms with Gasteiger partial charge in [-0.15, -0.1) is 0 Å². The first kappa shape index (κ1) is 13.9. The van der Waals surface area contributed by atoms with Gasteiger partial charge < -0.3 is 20.1 Å². The van der Waals surface area contributed by atoms with Crippen molar-refractivity contribution < 1.29 is 14.3 Å². The molecule has 0 saturated carbocycles. The third kappa shape index (κ3) is 2.77. The van der Waals surface area contributed by atoms with E-state index in [0.717, 1.165) is 25.0 Å². The smallest absolute Gasteiger partial charge is 0.251 e. The summed E-state index contributed by atoms with van der Waals surface area (Å²) < 4.78 is 11.3. The quantitative estimate of drug-likeness (QED) is 0.875. The zero-order valence-corrected chi connectivity index (χ0v) is 12.6. The van der Waals surface area contributed by atoms with Crippen molar-refractivity contribution in [3.8, 4) is 11.5 Å². The summed E-state index contributed by atoms with van der Waals surface area (Å²) in [6, 6.07) is 6.88. The predicted molar refractivity (Wildman–Crippen MR) is 82.5 cm³/mol. The van der Waals surface area contributed by atoms with Gasteiger partial charge in [0.2, 0.25) is 0 Å². The van der Waals surface area contributed by atoms with E-state index in [2.05, 4.69) is 10.6 Å². The van der Waals surface area contributed by atoms with Crippen LogP contribution < -0.4 is 20.1 Å². The minimum absolute atomic E-state index is 0.0121. The van der Waals surface area contributed by atoms with Gasteiger partial charge in [0.25, 0.3) is 5.91 Å². The van der Waals surface area contributed by atoms with Crippen LogP contribution in [0.1, 0.15) is 42.5 Å². The number of hydrogen-bond acceptors (Lipinski definition) is 4. The lowest BCUT2D eigenvalue weighted by Crippen LogP contribution is -2.48. The van der Waals surface area contributed by atoms with Crippen LogP contribution in [0.4, 0.5) is 0 Å². The molecule has 2 unspecified atom stereocenters. The summed E-state index contributed by atoms with van der Waals surface area (Å²) >= 11 is 0. The Balaban J connectivity index is 1.45. The maximum atomic E-state index is 12.5. The fraction of sp³-hybridized carbons (Fsp3) is 0.588. The average molecular weight is 302 g/mol. The minimum atomic E-state index is -0.0121. The van der Waals surface area contributed by atoms with Gasteiger partial charge in [0.15, 0.2) is 11.5 Å². The van der Waals surface area contributed by atoms with E-state index in [1.54, 1.807) is 6.07 Å². The summed E-state index contributed by atoms with van der Waals surface area (Å²) in [6.45, 7) is 1.30. The van der Waals surface area contributed by atoms with Crippen LogP contribution in [-0.4, -0.2) is 37.2 Å². The largest absolute Gasteiger partial charge is 0.490 e. The summed E-state index contributed by atoms with van der Waals surface area (Å²) in [5.74, 6) is 1.39. The molecule has 3 aliphatic rings. The third-order valence-corrected chi connectivity index (χ3v) is 4.82. The van der Waals surface area contributed by atoms with Gasteiger partial charge in [-0.1, -0.05) is 0 Å². The van der Waals surface area contributed by atoms with E-state index in [9.17, 15) is 4.79 Å². The van der Waals surface area contributed by atoms with Crippen LogP contribution in [0.25, 0.3) is 0 Å². The number of benzene rings is 1. The van der Waals surface area contributed by atoms with Gasteiger partial charge in [-0.2, -0.15) is 0 Å². The Kier molecular flexibility index (Phi) is 3.66. The van der Waals surface area contributed by atoms with Gasteiger partial charge in [-0.25, -0.2) is 0 Å². The van der Waals surface area contributed by atoms with E-state index in [-0.39, 0.29) is 11.9 Å². The number of ether oxygens (including phenoxy) is 2. The first-order chi connectivity index (χ1) is 10.8. The molecule has 5 heteroatoms. The Morgan fingerprint density at radius 3 is 2.59 bits per heavy atom. The van der Waals surface area contributed by atoms with Crippen LogP contribution in [0.5, 0.6) is 11.5 Å². The second kappa shape index (κ2) is 5.80. The number of fused-ring (bicyclic) bond motifs is 3. The molecule has 2 bridgehead atoms. The van der Waals surface area contributed by atoms with Gasteiger partial charge in [-0.05, 0) is 43.9 Å². The molecule has 0 aromatic heterocycles. The number of hydrogen-bond donors (Lipinski definition) is 2. The highest BCUT2D eigenvalue weighted by Gasteiger charge is 2.34. The van der Waals surface area contributed by atoms with Crippen molar-refractivity contribution in [3.63, 3.8) is 0 Å². The molecule has 0 aliphatic carbocycles. The van der Waals surface area contributed by atoms with Crippen molar-refractivity contribution in [3.05, 3.63) is 23.8 Å². The average Bonchev–Trinajstić information content (AvgIpc) is 2.74. The van der Waals surface area contributed by atoms with Crippen LogP contribution in [0, 0.1) is 0 Å². The van der Waals surface area contributed by atoms with E-state index in [1.807, 2.05) is 12.1 Å². The molecule has 3 heterocycles. The number of piperidine rings is 1. The number of amides is 1. The number of rotatable bonds is 2. The monoisotopic (exact) mass is 302 g/mol. The van der Waals surface area contributed by atoms with E-state index >= 15 is 0 Å². The molecule has 1 aromatic carbocycles. The van der Waals surface area contributed by atoms with E-state index in [0.29, 0.717) is 36.6 Å². The van der Waals surface area contributed by atoms with E-state index in [1.165, 1.54) is 12.8 Å². The molecule has 0 spiro atoms. The fourth-order valence-electron chi connectivity index (χ4n) is 3.75. The molecule has 5 nitrogen and oxygen atoms in total. The first-order valence-electron chi connectivity index (χ1n) is 8.24. The molecule has 2 fully saturated rings. The second-order valence-electron chi connectivity index (χ2n) is 6.49. The van der Waals surface area contributed by atoms with Crippen molar-refractivity contribution in [2.45, 2.75) is 50.2 Å². The van der Waals surface area contributed by atoms with Gasteiger partial charge in [0.05, 0.1) is 13.2 Å². The highest BCUT2D eigenvalue weighted by atomic mass is 16.5. The molecule has 0 radical (unpaired) electrons. The third-order valence-electron chi connectivity index (χ3n) is 4.82. The molecule has 1 aromatic rings. The zero-order chi connectivity index (χ0) is 14.9. The number of nitrogens with one attached hydrogen (secondary N) is 2. The summed E-state index contributed by atoms with van der Waals surface area (Å²) in [4.78, 5) is 12.5. The first-order valence-corrected chi connectivity index (χ1v) is 8.24. The molecule has 2 atom stereocenters. The summed E-state index contributed by atoms with van der Waals surface area (Å²) in [5.41, 5.74) is 0.648. The molecule has 2 N–H and O–H groups in total. The van der Waals surface area contributed by atoms with Crippen molar-refractivity contribution in [1.82, 2.24) is 10.6 Å². The molecular formula is C17H22N2O3. The van der Waals surface area contributed by atoms with Crippen LogP contribution >= 0.6 is 0 Å². The van der Waals surface area contributed by atoms with Gasteiger partial charge >= 0.3 is 0 Å². The number of carbonyl (C=O) groups excluding carboxylic acids is 1. The topological polar surface area (TPSA) is 59.6 Å². The van der Waals surface area contributed by atoms with Crippen molar-refractivity contribution in [1.29, 1.82) is 0 Å². The Morgan fingerprint density at radius 2 is 1.82 bits per heavy atom. The van der Waals surface area contributed by atoms with Gasteiger partial charge in [0.1, 0.15) is 0 Å². The molecule has 3 aliphatic heterocycles. The standard InChI is InChI=1S/C17H22N2O3/c20-17(19-14-9-12-3-4-13(10-14)18-12)11-2-5-15-16(8-11)22-7-1-6-21-15/h2,5,8,12-14,18H,1,3-4,6-7,9-10H2,(H,19,20). The lowest BCUT2D eigenvalue weighted by atomic mass is 9.99. The van der Waals surface area contributed by atoms with E-state index in [4.69, 9.17) is 9.47 Å². The van der Waals surface area contributed by atoms with Crippen molar-refractivity contribution in [2.75, 3.05) is 13.2 Å². The molecule has 22 heavy (non-hydrogen) atoms. The Labute approximate surface area is 130 Å². The Bertz CT molecular complexity index is 563. The maximum absolute atomic E-state index is 12.5. The minimum Gasteiger partial charge on any atom is -0.490 e. The molecular weight excluding hydrogens is 280 g/mol. The van der Waals surface area contributed by atoms with Crippen LogP contribution in [-0.2, 0) is 0 Å². The predicted octanol–water partition coefficient (Wildman–Crippen LogP) is 1.86. The molecule has 2 saturated heterocycles. The lowest BCUT2D eigenvalue weighted by Gasteiger charge is -2.29. The SMILES string of the molecule is O=C(NC1CC2CCC(C1)N2)c1ccc2c(c1)OCCCO2. The second-order valence-corrected chi connectivity index (χ2v) is 6.49. The molecule has 1 amide bonds. The Morgan fingerprint density at radius 1 is 1.09 bits per heavy atom. The molecule has 4 rings (SSSR count). The summed E-state index contributed by atoms with van der Waals surface area (Å²) in [7, 11) is 0. The maximum Gasteiger partial charge on any atom is 0.251 e. The highest BCUT2D eigenvalue weighted by Crippen LogP contribution is 2.31. The lowest BCUT2D eigenvalue weighted by molar-refractivity contribution is 0.0923. The van der Waals surface area contributed by atoms with Crippen LogP contribution in [0.15, 0.2) is 18.2 Å². The van der Waals surface area contributed by atoms with Gasteiger partial charge in [-0.3, -0.25) is 4.79 Å². The van der Waals surface area contributed by atoms with Gasteiger partial charge in [0, 0.05) is 30.1 Å². The van der Waals surface area contributed by atoms with Crippen molar-refractivity contribution in [2.24, 2.45) is 0 Å². The molecule has 118 valence electrons. The van der Waals surface area contributed by atoms with Crippen LogP contribution in [0.3, 0.4) is 0 Å². The van der Waals surface area contributed by atoms with Crippen LogP contribution in [0.2, 0.25) is 0 Å². The highest BCUT2D eigenvalue weighted by molar-refractivity contribution is 5.95. The van der Waals surface area contributed by atoms with Crippen molar-refractivity contribution >= 4 is 5.91 Å². The van der Waals surface area contributed by atoms with E-state index < -0.39 is 0 Å². The Hall–Kier alpha value is -1.75. The zero-order valence-electron chi connectivity index (χ0n) is 12.6. The summed E-state index contributed by atoms with van der Waals surface area (Å²) in [6.07, 6.45) is 5.41. The normalized spacial score (nSPS) is 29.7. The fourth-order valence-corrected chi connectivity index (χ4v) is 3.75.